The lowest BCUT2D eigenvalue weighted by molar-refractivity contribution is -0.110. The van der Waals surface area contributed by atoms with Gasteiger partial charge in [0.1, 0.15) is 24.3 Å². The summed E-state index contributed by atoms with van der Waals surface area (Å²) < 4.78 is 52.2. The number of fused-ring (bicyclic) bond motifs is 1. The molecule has 0 amide bonds. The average molecular weight is 506 g/mol. The smallest absolute Gasteiger partial charge is 0.390 e. The molecular formula is C10H17N6O12P3. The van der Waals surface area contributed by atoms with Gasteiger partial charge in [-0.05, 0) is 0 Å². The summed E-state index contributed by atoms with van der Waals surface area (Å²) in [6.07, 6.45) is -0.572. The van der Waals surface area contributed by atoms with Crippen LogP contribution in [-0.2, 0) is 37.4 Å². The van der Waals surface area contributed by atoms with Gasteiger partial charge in [0.2, 0.25) is 5.85 Å². The largest absolute Gasteiger partial charge is 0.490 e. The summed E-state index contributed by atoms with van der Waals surface area (Å²) in [4.78, 5) is 47.4. The molecule has 0 aliphatic carbocycles. The van der Waals surface area contributed by atoms with Crippen LogP contribution in [0.4, 0.5) is 5.82 Å². The van der Waals surface area contributed by atoms with Crippen molar-refractivity contribution >= 4 is 40.4 Å². The molecule has 0 aromatic carbocycles. The number of rotatable bonds is 8. The number of anilines is 1. The van der Waals surface area contributed by atoms with Gasteiger partial charge in [-0.1, -0.05) is 0 Å². The molecule has 0 radical (unpaired) electrons. The Balaban J connectivity index is 1.70. The van der Waals surface area contributed by atoms with Crippen molar-refractivity contribution in [1.29, 1.82) is 0 Å². The third-order valence-corrected chi connectivity index (χ3v) is 7.68. The van der Waals surface area contributed by atoms with Gasteiger partial charge in [-0.3, -0.25) is 14.8 Å². The van der Waals surface area contributed by atoms with E-state index in [2.05, 4.69) is 28.1 Å². The van der Waals surface area contributed by atoms with Crippen LogP contribution >= 0.6 is 23.5 Å². The topological polar surface area (TPSA) is 285 Å². The molecule has 3 heterocycles. The normalized spacial score (nSPS) is 28.5. The quantitative estimate of drug-likeness (QED) is 0.200. The van der Waals surface area contributed by atoms with Gasteiger partial charge in [0.25, 0.3) is 0 Å². The Morgan fingerprint density at radius 2 is 1.84 bits per heavy atom. The van der Waals surface area contributed by atoms with E-state index in [0.29, 0.717) is 0 Å². The standard InChI is InChI=1S/C10H17N6O12P3/c11-8-7-9(14-3-13-8)16(4-15-7)10(12)1-5(17)6(26-10)2-25-30(21,22)28-31(23,24)27-29(18,19)20/h3-6,17H,1-2,12H2,(H,21,22)(H,23,24)(H2,11,13,14)(H2,18,19,20)/t5-,6+,10-/m0/s1. The van der Waals surface area contributed by atoms with Crippen LogP contribution in [0, 0.1) is 0 Å². The first-order chi connectivity index (χ1) is 14.1. The number of aromatic nitrogens is 4. The van der Waals surface area contributed by atoms with E-state index >= 15 is 0 Å². The molecule has 1 aliphatic rings. The number of ether oxygens (including phenoxy) is 1. The maximum atomic E-state index is 11.8. The minimum atomic E-state index is -5.68. The van der Waals surface area contributed by atoms with Crippen LogP contribution in [0.5, 0.6) is 0 Å². The Kier molecular flexibility index (Phi) is 6.43. The zero-order valence-corrected chi connectivity index (χ0v) is 17.8. The molecule has 0 saturated carbocycles. The first-order valence-electron chi connectivity index (χ1n) is 7.98. The zero-order chi connectivity index (χ0) is 23.2. The van der Waals surface area contributed by atoms with Crippen LogP contribution in [0.15, 0.2) is 12.7 Å². The summed E-state index contributed by atoms with van der Waals surface area (Å²) in [6.45, 7) is -0.881. The summed E-state index contributed by atoms with van der Waals surface area (Å²) in [5, 5.41) is 10.2. The molecule has 1 saturated heterocycles. The number of nitrogens with two attached hydrogens (primary N) is 2. The molecule has 2 aromatic heterocycles. The predicted octanol–water partition coefficient (Wildman–Crippen LogP) is -1.53. The van der Waals surface area contributed by atoms with Crippen LogP contribution in [0.3, 0.4) is 0 Å². The molecule has 31 heavy (non-hydrogen) atoms. The molecule has 21 heteroatoms. The second-order valence-corrected chi connectivity index (χ2v) is 10.6. The average Bonchev–Trinajstić information content (AvgIpc) is 3.12. The second kappa shape index (κ2) is 8.20. The fourth-order valence-corrected chi connectivity index (χ4v) is 5.75. The molecule has 3 rings (SSSR count). The summed E-state index contributed by atoms with van der Waals surface area (Å²) >= 11 is 0. The Morgan fingerprint density at radius 1 is 1.16 bits per heavy atom. The third kappa shape index (κ3) is 5.71. The van der Waals surface area contributed by atoms with Crippen molar-refractivity contribution in [1.82, 2.24) is 19.5 Å². The molecule has 0 bridgehead atoms. The van der Waals surface area contributed by atoms with E-state index in [1.807, 2.05) is 0 Å². The number of phosphoric acid groups is 3. The van der Waals surface area contributed by atoms with Crippen LogP contribution in [0.1, 0.15) is 6.42 Å². The lowest BCUT2D eigenvalue weighted by Crippen LogP contribution is -2.43. The molecular weight excluding hydrogens is 489 g/mol. The van der Waals surface area contributed by atoms with Gasteiger partial charge in [0.15, 0.2) is 11.5 Å². The number of hydrogen-bond donors (Lipinski definition) is 7. The van der Waals surface area contributed by atoms with E-state index in [9.17, 15) is 23.7 Å². The number of phosphoric ester groups is 1. The Labute approximate surface area is 172 Å². The Bertz CT molecular complexity index is 1120. The maximum absolute atomic E-state index is 11.8. The number of aliphatic hydroxyl groups excluding tert-OH is 1. The van der Waals surface area contributed by atoms with Gasteiger partial charge in [-0.15, -0.1) is 0 Å². The highest BCUT2D eigenvalue weighted by Gasteiger charge is 2.47. The summed E-state index contributed by atoms with van der Waals surface area (Å²) in [7, 11) is -16.6. The molecule has 1 aliphatic heterocycles. The van der Waals surface area contributed by atoms with Gasteiger partial charge in [-0.2, -0.15) is 8.62 Å². The van der Waals surface area contributed by atoms with E-state index in [4.69, 9.17) is 30.9 Å². The molecule has 5 atom stereocenters. The number of imidazole rings is 1. The second-order valence-electron chi connectivity index (χ2n) is 6.21. The van der Waals surface area contributed by atoms with Gasteiger partial charge in [0, 0.05) is 6.42 Å². The van der Waals surface area contributed by atoms with E-state index in [1.165, 1.54) is 10.9 Å². The SMILES string of the molecule is Nc1ncnc2c1ncn2[C@@]1(N)C[C@H](O)[C@@H](COP(=O)(O)OP(=O)(O)OP(=O)(O)O)O1. The number of hydrogen-bond acceptors (Lipinski definition) is 13. The summed E-state index contributed by atoms with van der Waals surface area (Å²) in [5.41, 5.74) is 12.2. The highest BCUT2D eigenvalue weighted by atomic mass is 31.3. The van der Waals surface area contributed by atoms with Crippen molar-refractivity contribution in [3.8, 4) is 0 Å². The van der Waals surface area contributed by atoms with Gasteiger partial charge < -0.3 is 35.2 Å². The van der Waals surface area contributed by atoms with Crippen molar-refractivity contribution in [2.24, 2.45) is 5.73 Å². The lowest BCUT2D eigenvalue weighted by Gasteiger charge is -2.26. The van der Waals surface area contributed by atoms with E-state index < -0.39 is 48.1 Å². The van der Waals surface area contributed by atoms with Crippen LogP contribution in [-0.4, -0.2) is 63.0 Å². The van der Waals surface area contributed by atoms with Gasteiger partial charge in [0.05, 0.1) is 12.7 Å². The molecule has 0 spiro atoms. The summed E-state index contributed by atoms with van der Waals surface area (Å²) in [5.74, 6) is -1.67. The van der Waals surface area contributed by atoms with Crippen LogP contribution < -0.4 is 11.5 Å². The van der Waals surface area contributed by atoms with Crippen molar-refractivity contribution in [2.75, 3.05) is 12.3 Å². The van der Waals surface area contributed by atoms with Gasteiger partial charge in [-0.25, -0.2) is 28.6 Å². The van der Waals surface area contributed by atoms with Gasteiger partial charge >= 0.3 is 23.5 Å². The number of aliphatic hydroxyl groups is 1. The van der Waals surface area contributed by atoms with Crippen molar-refractivity contribution in [2.45, 2.75) is 24.5 Å². The Hall–Kier alpha value is -1.36. The minimum absolute atomic E-state index is 0.0649. The Morgan fingerprint density at radius 3 is 2.48 bits per heavy atom. The zero-order valence-electron chi connectivity index (χ0n) is 15.1. The van der Waals surface area contributed by atoms with Crippen LogP contribution in [0.2, 0.25) is 0 Å². The fraction of sp³-hybridized carbons (Fsp3) is 0.500. The van der Waals surface area contributed by atoms with E-state index in [1.54, 1.807) is 0 Å². The minimum Gasteiger partial charge on any atom is -0.390 e. The number of nitrogens with zero attached hydrogens (tertiary/aromatic N) is 4. The molecule has 18 nitrogen and oxygen atoms in total. The molecule has 1 fully saturated rings. The van der Waals surface area contributed by atoms with Crippen molar-refractivity contribution in [3.63, 3.8) is 0 Å². The lowest BCUT2D eigenvalue weighted by atomic mass is 10.1. The molecule has 2 unspecified atom stereocenters. The fourth-order valence-electron chi connectivity index (χ4n) is 2.72. The maximum Gasteiger partial charge on any atom is 0.490 e. The molecule has 174 valence electrons. The van der Waals surface area contributed by atoms with E-state index in [-0.39, 0.29) is 23.4 Å². The number of nitrogen functional groups attached to an aromatic ring is 1. The van der Waals surface area contributed by atoms with E-state index in [0.717, 1.165) is 6.33 Å². The third-order valence-electron chi connectivity index (χ3n) is 3.87. The predicted molar refractivity (Wildman–Crippen MR) is 97.2 cm³/mol. The highest BCUT2D eigenvalue weighted by molar-refractivity contribution is 7.66. The first-order valence-corrected chi connectivity index (χ1v) is 12.5. The molecule has 9 N–H and O–H groups in total. The monoisotopic (exact) mass is 506 g/mol. The van der Waals surface area contributed by atoms with Crippen molar-refractivity contribution < 1.29 is 56.3 Å². The van der Waals surface area contributed by atoms with Crippen molar-refractivity contribution in [3.05, 3.63) is 12.7 Å². The molecule has 2 aromatic rings. The highest BCUT2D eigenvalue weighted by Crippen LogP contribution is 2.66. The first kappa shape index (κ1) is 24.3. The van der Waals surface area contributed by atoms with Crippen LogP contribution in [0.25, 0.3) is 11.2 Å². The summed E-state index contributed by atoms with van der Waals surface area (Å²) in [6, 6.07) is 0.